The summed E-state index contributed by atoms with van der Waals surface area (Å²) < 4.78 is 37.7. The highest BCUT2D eigenvalue weighted by atomic mass is 19.1. The molecule has 23 heavy (non-hydrogen) atoms. The molecule has 0 fully saturated rings. The SMILES string of the molecule is CC(C)[C@@H](C)c1ccc(F)cc1.NC(=O)c1c(F)cccc1F. The Morgan fingerprint density at radius 2 is 1.39 bits per heavy atom. The van der Waals surface area contributed by atoms with Crippen LogP contribution in [0.3, 0.4) is 0 Å². The van der Waals surface area contributed by atoms with E-state index in [0.717, 1.165) is 18.2 Å². The number of carbonyl (C=O) groups is 1. The van der Waals surface area contributed by atoms with Gasteiger partial charge in [0.25, 0.3) is 5.91 Å². The normalized spacial score (nSPS) is 11.6. The van der Waals surface area contributed by atoms with Crippen LogP contribution in [0.1, 0.15) is 42.6 Å². The number of nitrogens with two attached hydrogens (primary N) is 1. The maximum atomic E-state index is 12.6. The quantitative estimate of drug-likeness (QED) is 0.878. The zero-order valence-corrected chi connectivity index (χ0v) is 13.3. The summed E-state index contributed by atoms with van der Waals surface area (Å²) in [6.45, 7) is 6.51. The summed E-state index contributed by atoms with van der Waals surface area (Å²) in [7, 11) is 0. The number of halogens is 3. The Hall–Kier alpha value is -2.30. The third kappa shape index (κ3) is 5.43. The number of rotatable bonds is 3. The minimum absolute atomic E-state index is 0.158. The lowest BCUT2D eigenvalue weighted by molar-refractivity contribution is 0.0992. The average molecular weight is 323 g/mol. The number of carbonyl (C=O) groups excluding carboxylic acids is 1. The number of hydrogen-bond acceptors (Lipinski definition) is 1. The molecule has 2 rings (SSSR count). The Labute approximate surface area is 134 Å². The molecule has 2 aromatic rings. The van der Waals surface area contributed by atoms with Crippen molar-refractivity contribution in [2.24, 2.45) is 11.7 Å². The fourth-order valence-electron chi connectivity index (χ4n) is 1.88. The van der Waals surface area contributed by atoms with Gasteiger partial charge in [0.15, 0.2) is 0 Å². The minimum atomic E-state index is -1.10. The molecule has 0 heterocycles. The van der Waals surface area contributed by atoms with Gasteiger partial charge in [-0.2, -0.15) is 0 Å². The maximum Gasteiger partial charge on any atom is 0.254 e. The predicted octanol–water partition coefficient (Wildman–Crippen LogP) is 4.65. The smallest absolute Gasteiger partial charge is 0.254 e. The van der Waals surface area contributed by atoms with Crippen molar-refractivity contribution in [1.82, 2.24) is 0 Å². The van der Waals surface area contributed by atoms with Crippen molar-refractivity contribution < 1.29 is 18.0 Å². The highest BCUT2D eigenvalue weighted by molar-refractivity contribution is 5.93. The van der Waals surface area contributed by atoms with Gasteiger partial charge in [-0.25, -0.2) is 13.2 Å². The van der Waals surface area contributed by atoms with Crippen LogP contribution in [-0.2, 0) is 0 Å². The Balaban J connectivity index is 0.000000231. The van der Waals surface area contributed by atoms with E-state index >= 15 is 0 Å². The van der Waals surface area contributed by atoms with E-state index in [2.05, 4.69) is 20.8 Å². The molecule has 0 spiro atoms. The summed E-state index contributed by atoms with van der Waals surface area (Å²) >= 11 is 0. The van der Waals surface area contributed by atoms with Crippen LogP contribution in [0.2, 0.25) is 0 Å². The van der Waals surface area contributed by atoms with E-state index < -0.39 is 23.1 Å². The lowest BCUT2D eigenvalue weighted by Crippen LogP contribution is -2.15. The summed E-state index contributed by atoms with van der Waals surface area (Å²) in [6.07, 6.45) is 0. The first kappa shape index (κ1) is 18.7. The molecular formula is C18H20F3NO. The Morgan fingerprint density at radius 3 is 1.74 bits per heavy atom. The zero-order valence-electron chi connectivity index (χ0n) is 13.3. The van der Waals surface area contributed by atoms with E-state index in [-0.39, 0.29) is 5.82 Å². The summed E-state index contributed by atoms with van der Waals surface area (Å²) in [5.41, 5.74) is 5.22. The number of amides is 1. The molecule has 1 amide bonds. The van der Waals surface area contributed by atoms with Crippen LogP contribution in [0.4, 0.5) is 13.2 Å². The van der Waals surface area contributed by atoms with Crippen LogP contribution >= 0.6 is 0 Å². The first-order valence-corrected chi connectivity index (χ1v) is 7.23. The third-order valence-corrected chi connectivity index (χ3v) is 3.60. The molecule has 2 N–H and O–H groups in total. The van der Waals surface area contributed by atoms with Gasteiger partial charge in [-0.05, 0) is 41.7 Å². The summed E-state index contributed by atoms with van der Waals surface area (Å²) in [4.78, 5) is 10.4. The molecule has 124 valence electrons. The highest BCUT2D eigenvalue weighted by Gasteiger charge is 2.12. The van der Waals surface area contributed by atoms with Gasteiger partial charge < -0.3 is 5.73 Å². The molecule has 0 aliphatic carbocycles. The number of benzene rings is 2. The van der Waals surface area contributed by atoms with Gasteiger partial charge in [-0.15, -0.1) is 0 Å². The first-order chi connectivity index (χ1) is 10.7. The average Bonchev–Trinajstić information content (AvgIpc) is 2.47. The molecule has 0 saturated carbocycles. The Kier molecular flexibility index (Phi) is 6.82. The maximum absolute atomic E-state index is 12.6. The molecule has 0 bridgehead atoms. The van der Waals surface area contributed by atoms with Gasteiger partial charge in [0.1, 0.15) is 23.0 Å². The molecule has 5 heteroatoms. The lowest BCUT2D eigenvalue weighted by atomic mass is 9.90. The van der Waals surface area contributed by atoms with E-state index in [1.54, 1.807) is 0 Å². The monoisotopic (exact) mass is 323 g/mol. The zero-order chi connectivity index (χ0) is 17.6. The number of hydrogen-bond donors (Lipinski definition) is 1. The summed E-state index contributed by atoms with van der Waals surface area (Å²) in [5.74, 6) is -2.01. The van der Waals surface area contributed by atoms with E-state index in [0.29, 0.717) is 11.8 Å². The van der Waals surface area contributed by atoms with Gasteiger partial charge in [0, 0.05) is 0 Å². The predicted molar refractivity (Wildman–Crippen MR) is 84.5 cm³/mol. The van der Waals surface area contributed by atoms with Crippen LogP contribution in [0.15, 0.2) is 42.5 Å². The molecule has 0 aromatic heterocycles. The van der Waals surface area contributed by atoms with Gasteiger partial charge in [0.05, 0.1) is 0 Å². The first-order valence-electron chi connectivity index (χ1n) is 7.23. The molecule has 0 saturated heterocycles. The fourth-order valence-corrected chi connectivity index (χ4v) is 1.88. The topological polar surface area (TPSA) is 43.1 Å². The van der Waals surface area contributed by atoms with Crippen LogP contribution < -0.4 is 5.73 Å². The second kappa shape index (κ2) is 8.36. The fraction of sp³-hybridized carbons (Fsp3) is 0.278. The van der Waals surface area contributed by atoms with Crippen molar-refractivity contribution in [3.05, 3.63) is 71.0 Å². The van der Waals surface area contributed by atoms with Gasteiger partial charge >= 0.3 is 0 Å². The lowest BCUT2D eigenvalue weighted by Gasteiger charge is -2.15. The van der Waals surface area contributed by atoms with Crippen molar-refractivity contribution >= 4 is 5.91 Å². The van der Waals surface area contributed by atoms with Crippen LogP contribution in [-0.4, -0.2) is 5.91 Å². The van der Waals surface area contributed by atoms with E-state index in [1.165, 1.54) is 17.7 Å². The molecule has 1 atom stereocenters. The summed E-state index contributed by atoms with van der Waals surface area (Å²) in [6, 6.07) is 9.88. The molecule has 2 nitrogen and oxygen atoms in total. The van der Waals surface area contributed by atoms with Crippen molar-refractivity contribution in [1.29, 1.82) is 0 Å². The van der Waals surface area contributed by atoms with E-state index in [9.17, 15) is 18.0 Å². The standard InChI is InChI=1S/C11H15F.C7H5F2NO/c1-8(2)9(3)10-4-6-11(12)7-5-10;8-4-2-1-3-5(9)6(4)7(10)11/h4-9H,1-3H3;1-3H,(H2,10,11)/t9-;/m1./s1. The molecule has 0 aliphatic heterocycles. The summed E-state index contributed by atoms with van der Waals surface area (Å²) in [5, 5.41) is 0. The Morgan fingerprint density at radius 1 is 0.913 bits per heavy atom. The third-order valence-electron chi connectivity index (χ3n) is 3.60. The van der Waals surface area contributed by atoms with Crippen LogP contribution in [0.25, 0.3) is 0 Å². The molecule has 0 unspecified atom stereocenters. The molecular weight excluding hydrogens is 303 g/mol. The van der Waals surface area contributed by atoms with E-state index in [4.69, 9.17) is 5.73 Å². The largest absolute Gasteiger partial charge is 0.365 e. The van der Waals surface area contributed by atoms with Gasteiger partial charge in [-0.1, -0.05) is 39.0 Å². The minimum Gasteiger partial charge on any atom is -0.365 e. The number of primary amides is 1. The van der Waals surface area contributed by atoms with Crippen molar-refractivity contribution in [3.63, 3.8) is 0 Å². The van der Waals surface area contributed by atoms with Gasteiger partial charge in [-0.3, -0.25) is 4.79 Å². The molecule has 2 aromatic carbocycles. The van der Waals surface area contributed by atoms with Crippen LogP contribution in [0, 0.1) is 23.4 Å². The molecule has 0 aliphatic rings. The van der Waals surface area contributed by atoms with Gasteiger partial charge in [0.2, 0.25) is 0 Å². The van der Waals surface area contributed by atoms with Crippen LogP contribution in [0.5, 0.6) is 0 Å². The van der Waals surface area contributed by atoms with Crippen molar-refractivity contribution in [3.8, 4) is 0 Å². The van der Waals surface area contributed by atoms with Crippen molar-refractivity contribution in [2.75, 3.05) is 0 Å². The Bertz CT molecular complexity index is 634. The molecule has 0 radical (unpaired) electrons. The second-order valence-electron chi connectivity index (χ2n) is 5.55. The van der Waals surface area contributed by atoms with E-state index in [1.807, 2.05) is 12.1 Å². The highest BCUT2D eigenvalue weighted by Crippen LogP contribution is 2.23. The second-order valence-corrected chi connectivity index (χ2v) is 5.55. The van der Waals surface area contributed by atoms with Crippen molar-refractivity contribution in [2.45, 2.75) is 26.7 Å².